The molecule has 0 radical (unpaired) electrons. The van der Waals surface area contributed by atoms with Crippen molar-refractivity contribution in [1.82, 2.24) is 20.0 Å². The van der Waals surface area contributed by atoms with Crippen molar-refractivity contribution in [3.8, 4) is 0 Å². The summed E-state index contributed by atoms with van der Waals surface area (Å²) in [5.74, 6) is 0. The molecule has 0 spiro atoms. The van der Waals surface area contributed by atoms with Crippen LogP contribution in [0.5, 0.6) is 0 Å². The zero-order valence-electron chi connectivity index (χ0n) is 13.2. The molecular weight excluding hydrogens is 296 g/mol. The molecule has 1 N–H and O–H groups in total. The standard InChI is InChI=1S/C17H24N4.ClH/c1-2-21-17-6-4-3-5-15(17)16(19-21)12-20-10-9-13-7-8-14(11-20)18-13;/h3-6,13-14,18H,2,7-12H2,1H3;1H. The van der Waals surface area contributed by atoms with Crippen LogP contribution in [0.4, 0.5) is 0 Å². The number of halogens is 1. The Hall–Kier alpha value is -1.10. The first-order valence-electron chi connectivity index (χ1n) is 8.26. The number of benzene rings is 1. The minimum atomic E-state index is 0. The van der Waals surface area contributed by atoms with Crippen LogP contribution in [0, 0.1) is 0 Å². The number of hydrogen-bond donors (Lipinski definition) is 1. The smallest absolute Gasteiger partial charge is 0.0843 e. The summed E-state index contributed by atoms with van der Waals surface area (Å²) >= 11 is 0. The maximum atomic E-state index is 4.85. The highest BCUT2D eigenvalue weighted by Gasteiger charge is 2.29. The lowest BCUT2D eigenvalue weighted by atomic mass is 10.1. The third-order valence-corrected chi connectivity index (χ3v) is 5.01. The van der Waals surface area contributed by atoms with Gasteiger partial charge in [-0.3, -0.25) is 9.58 Å². The Bertz CT molecular complexity index is 639. The van der Waals surface area contributed by atoms with Crippen LogP contribution in [-0.2, 0) is 13.1 Å². The number of fused-ring (bicyclic) bond motifs is 3. The molecule has 2 unspecified atom stereocenters. The van der Waals surface area contributed by atoms with Crippen molar-refractivity contribution < 1.29 is 0 Å². The molecule has 0 amide bonds. The molecule has 2 atom stereocenters. The molecule has 2 aromatic rings. The summed E-state index contributed by atoms with van der Waals surface area (Å²) in [5, 5.41) is 9.93. The lowest BCUT2D eigenvalue weighted by molar-refractivity contribution is 0.248. The van der Waals surface area contributed by atoms with Crippen LogP contribution in [-0.4, -0.2) is 39.9 Å². The van der Waals surface area contributed by atoms with Crippen molar-refractivity contribution >= 4 is 23.3 Å². The van der Waals surface area contributed by atoms with E-state index in [1.54, 1.807) is 0 Å². The third kappa shape index (κ3) is 2.87. The maximum Gasteiger partial charge on any atom is 0.0843 e. The second-order valence-electron chi connectivity index (χ2n) is 6.44. The number of hydrogen-bond acceptors (Lipinski definition) is 3. The highest BCUT2D eigenvalue weighted by Crippen LogP contribution is 2.24. The monoisotopic (exact) mass is 320 g/mol. The van der Waals surface area contributed by atoms with Crippen molar-refractivity contribution in [2.24, 2.45) is 0 Å². The van der Waals surface area contributed by atoms with Gasteiger partial charge in [0.1, 0.15) is 0 Å². The second kappa shape index (κ2) is 6.57. The van der Waals surface area contributed by atoms with Gasteiger partial charge in [0.15, 0.2) is 0 Å². The average molecular weight is 321 g/mol. The molecule has 0 saturated carbocycles. The average Bonchev–Trinajstić information content (AvgIpc) is 3.02. The van der Waals surface area contributed by atoms with Crippen LogP contribution in [0.25, 0.3) is 10.9 Å². The first-order valence-corrected chi connectivity index (χ1v) is 8.26. The summed E-state index contributed by atoms with van der Waals surface area (Å²) in [4.78, 5) is 2.59. The second-order valence-corrected chi connectivity index (χ2v) is 6.44. The molecule has 2 bridgehead atoms. The zero-order valence-corrected chi connectivity index (χ0v) is 14.0. The quantitative estimate of drug-likeness (QED) is 0.944. The number of nitrogens with one attached hydrogen (secondary N) is 1. The number of nitrogens with zero attached hydrogens (tertiary/aromatic N) is 3. The summed E-state index contributed by atoms with van der Waals surface area (Å²) in [5.41, 5.74) is 2.51. The summed E-state index contributed by atoms with van der Waals surface area (Å²) in [6.07, 6.45) is 3.99. The van der Waals surface area contributed by atoms with Gasteiger partial charge in [0.05, 0.1) is 11.2 Å². The van der Waals surface area contributed by atoms with E-state index < -0.39 is 0 Å². The Morgan fingerprint density at radius 1 is 1.18 bits per heavy atom. The predicted octanol–water partition coefficient (Wildman–Crippen LogP) is 2.80. The van der Waals surface area contributed by atoms with Gasteiger partial charge in [-0.25, -0.2) is 0 Å². The number of aromatic nitrogens is 2. The number of para-hydroxylation sites is 1. The fraction of sp³-hybridized carbons (Fsp3) is 0.588. The van der Waals surface area contributed by atoms with Crippen LogP contribution in [0.2, 0.25) is 0 Å². The molecule has 22 heavy (non-hydrogen) atoms. The summed E-state index contributed by atoms with van der Waals surface area (Å²) in [6, 6.07) is 10.1. The molecule has 2 aliphatic heterocycles. The Labute approximate surface area is 138 Å². The lowest BCUT2D eigenvalue weighted by Gasteiger charge is -2.23. The SMILES string of the molecule is CCn1nc(CN2CCC3CCC(C2)N3)c2ccccc21.Cl. The normalized spacial score (nSPS) is 25.1. The Kier molecular flexibility index (Phi) is 4.71. The van der Waals surface area contributed by atoms with Gasteiger partial charge in [0.25, 0.3) is 0 Å². The summed E-state index contributed by atoms with van der Waals surface area (Å²) in [6.45, 7) is 6.45. The van der Waals surface area contributed by atoms with Gasteiger partial charge >= 0.3 is 0 Å². The summed E-state index contributed by atoms with van der Waals surface area (Å²) < 4.78 is 2.13. The van der Waals surface area contributed by atoms with Gasteiger partial charge < -0.3 is 5.32 Å². The van der Waals surface area contributed by atoms with Crippen LogP contribution in [0.3, 0.4) is 0 Å². The topological polar surface area (TPSA) is 33.1 Å². The fourth-order valence-electron chi connectivity index (χ4n) is 3.92. The van der Waals surface area contributed by atoms with E-state index in [2.05, 4.69) is 46.1 Å². The highest BCUT2D eigenvalue weighted by molar-refractivity contribution is 5.85. The Morgan fingerprint density at radius 2 is 2.00 bits per heavy atom. The highest BCUT2D eigenvalue weighted by atomic mass is 35.5. The minimum Gasteiger partial charge on any atom is -0.310 e. The molecular formula is C17H25ClN4. The zero-order chi connectivity index (χ0) is 14.2. The Morgan fingerprint density at radius 3 is 2.86 bits per heavy atom. The molecule has 4 rings (SSSR count). The van der Waals surface area contributed by atoms with Crippen LogP contribution in [0.1, 0.15) is 31.9 Å². The lowest BCUT2D eigenvalue weighted by Crippen LogP contribution is -2.35. The van der Waals surface area contributed by atoms with E-state index in [1.807, 2.05) is 0 Å². The number of likely N-dealkylation sites (tertiary alicyclic amines) is 1. The van der Waals surface area contributed by atoms with Crippen molar-refractivity contribution in [3.63, 3.8) is 0 Å². The van der Waals surface area contributed by atoms with E-state index in [0.717, 1.165) is 19.1 Å². The molecule has 1 aromatic carbocycles. The minimum absolute atomic E-state index is 0. The van der Waals surface area contributed by atoms with Gasteiger partial charge in [0, 0.05) is 43.6 Å². The predicted molar refractivity (Wildman–Crippen MR) is 92.5 cm³/mol. The van der Waals surface area contributed by atoms with E-state index in [1.165, 1.54) is 48.9 Å². The third-order valence-electron chi connectivity index (χ3n) is 5.01. The number of aryl methyl sites for hydroxylation is 1. The van der Waals surface area contributed by atoms with E-state index >= 15 is 0 Å². The molecule has 2 fully saturated rings. The van der Waals surface area contributed by atoms with E-state index in [9.17, 15) is 0 Å². The molecule has 5 heteroatoms. The fourth-order valence-corrected chi connectivity index (χ4v) is 3.92. The summed E-state index contributed by atoms with van der Waals surface area (Å²) in [7, 11) is 0. The van der Waals surface area contributed by atoms with Gasteiger partial charge in [-0.05, 0) is 32.3 Å². The van der Waals surface area contributed by atoms with E-state index in [0.29, 0.717) is 6.04 Å². The molecule has 3 heterocycles. The first kappa shape index (κ1) is 15.8. The maximum absolute atomic E-state index is 4.85. The van der Waals surface area contributed by atoms with Gasteiger partial charge in [-0.1, -0.05) is 18.2 Å². The van der Waals surface area contributed by atoms with Crippen LogP contribution < -0.4 is 5.32 Å². The van der Waals surface area contributed by atoms with Crippen LogP contribution >= 0.6 is 12.4 Å². The molecule has 2 aliphatic rings. The largest absolute Gasteiger partial charge is 0.310 e. The van der Waals surface area contributed by atoms with E-state index in [-0.39, 0.29) is 12.4 Å². The van der Waals surface area contributed by atoms with Crippen molar-refractivity contribution in [2.75, 3.05) is 13.1 Å². The molecule has 2 saturated heterocycles. The Balaban J connectivity index is 0.00000144. The van der Waals surface area contributed by atoms with Gasteiger partial charge in [-0.15, -0.1) is 12.4 Å². The molecule has 4 nitrogen and oxygen atoms in total. The van der Waals surface area contributed by atoms with Gasteiger partial charge in [0.2, 0.25) is 0 Å². The molecule has 0 aliphatic carbocycles. The van der Waals surface area contributed by atoms with Crippen LogP contribution in [0.15, 0.2) is 24.3 Å². The molecule has 1 aromatic heterocycles. The van der Waals surface area contributed by atoms with Crippen molar-refractivity contribution in [1.29, 1.82) is 0 Å². The van der Waals surface area contributed by atoms with Gasteiger partial charge in [-0.2, -0.15) is 5.10 Å². The number of rotatable bonds is 3. The van der Waals surface area contributed by atoms with E-state index in [4.69, 9.17) is 5.10 Å². The van der Waals surface area contributed by atoms with Crippen molar-refractivity contribution in [3.05, 3.63) is 30.0 Å². The molecule has 120 valence electrons. The first-order chi connectivity index (χ1) is 10.3. The van der Waals surface area contributed by atoms with Crippen molar-refractivity contribution in [2.45, 2.75) is 51.4 Å².